The van der Waals surface area contributed by atoms with Crippen LogP contribution in [0.3, 0.4) is 0 Å². The lowest BCUT2D eigenvalue weighted by Gasteiger charge is -2.25. The molecule has 8 nitrogen and oxygen atoms in total. The number of carbonyl (C=O) groups excluding carboxylic acids is 3. The summed E-state index contributed by atoms with van der Waals surface area (Å²) in [6, 6.07) is 15.1. The first-order chi connectivity index (χ1) is 15.9. The SMILES string of the molecule is CC[C@H](C)[C@@H](NC(=O)OCc1ccccc1)C(=O)N[C@H](Cc1c[nH]c2ccccc12)C(N)=O. The number of fused-ring (bicyclic) bond motifs is 1. The van der Waals surface area contributed by atoms with Gasteiger partial charge in [-0.05, 0) is 23.1 Å². The summed E-state index contributed by atoms with van der Waals surface area (Å²) in [6.45, 7) is 3.85. The first-order valence-corrected chi connectivity index (χ1v) is 11.0. The molecule has 0 saturated heterocycles. The van der Waals surface area contributed by atoms with Crippen LogP contribution >= 0.6 is 0 Å². The van der Waals surface area contributed by atoms with Crippen LogP contribution in [0.4, 0.5) is 4.79 Å². The van der Waals surface area contributed by atoms with Crippen molar-refractivity contribution in [2.45, 2.75) is 45.4 Å². The number of alkyl carbamates (subject to hydrolysis) is 1. The van der Waals surface area contributed by atoms with E-state index in [0.29, 0.717) is 6.42 Å². The van der Waals surface area contributed by atoms with E-state index in [1.807, 2.05) is 68.4 Å². The number of hydrogen-bond donors (Lipinski definition) is 4. The fraction of sp³-hybridized carbons (Fsp3) is 0.320. The highest BCUT2D eigenvalue weighted by atomic mass is 16.5. The summed E-state index contributed by atoms with van der Waals surface area (Å²) >= 11 is 0. The van der Waals surface area contributed by atoms with Crippen molar-refractivity contribution in [3.63, 3.8) is 0 Å². The van der Waals surface area contributed by atoms with E-state index in [1.165, 1.54) is 0 Å². The van der Waals surface area contributed by atoms with Crippen molar-refractivity contribution in [3.8, 4) is 0 Å². The van der Waals surface area contributed by atoms with E-state index in [0.717, 1.165) is 22.0 Å². The van der Waals surface area contributed by atoms with Gasteiger partial charge < -0.3 is 26.1 Å². The van der Waals surface area contributed by atoms with E-state index < -0.39 is 30.0 Å². The summed E-state index contributed by atoms with van der Waals surface area (Å²) < 4.78 is 5.26. The Hall–Kier alpha value is -3.81. The van der Waals surface area contributed by atoms with Gasteiger partial charge in [-0.3, -0.25) is 9.59 Å². The molecule has 0 saturated carbocycles. The predicted octanol–water partition coefficient (Wildman–Crippen LogP) is 3.02. The number of primary amides is 1. The van der Waals surface area contributed by atoms with E-state index >= 15 is 0 Å². The number of rotatable bonds is 10. The summed E-state index contributed by atoms with van der Waals surface area (Å²) in [6.07, 6.45) is 1.97. The minimum Gasteiger partial charge on any atom is -0.445 e. The highest BCUT2D eigenvalue weighted by Gasteiger charge is 2.30. The zero-order valence-electron chi connectivity index (χ0n) is 18.8. The molecule has 0 aliphatic heterocycles. The number of aromatic amines is 1. The van der Waals surface area contributed by atoms with Gasteiger partial charge in [-0.2, -0.15) is 0 Å². The highest BCUT2D eigenvalue weighted by Crippen LogP contribution is 2.19. The van der Waals surface area contributed by atoms with Gasteiger partial charge in [-0.1, -0.05) is 68.8 Å². The molecule has 0 bridgehead atoms. The lowest BCUT2D eigenvalue weighted by Crippen LogP contribution is -2.55. The Kier molecular flexibility index (Phi) is 8.07. The Balaban J connectivity index is 1.66. The molecule has 3 aromatic rings. The zero-order valence-corrected chi connectivity index (χ0v) is 18.8. The zero-order chi connectivity index (χ0) is 23.8. The van der Waals surface area contributed by atoms with Crippen molar-refractivity contribution in [1.29, 1.82) is 0 Å². The molecule has 8 heteroatoms. The van der Waals surface area contributed by atoms with E-state index in [1.54, 1.807) is 6.20 Å². The fourth-order valence-electron chi connectivity index (χ4n) is 3.60. The number of carbonyl (C=O) groups is 3. The molecule has 33 heavy (non-hydrogen) atoms. The van der Waals surface area contributed by atoms with Crippen molar-refractivity contribution in [2.75, 3.05) is 0 Å². The second-order valence-corrected chi connectivity index (χ2v) is 8.10. The van der Waals surface area contributed by atoms with Crippen LogP contribution in [-0.2, 0) is 27.4 Å². The summed E-state index contributed by atoms with van der Waals surface area (Å²) in [4.78, 5) is 40.7. The van der Waals surface area contributed by atoms with Crippen LogP contribution in [0.1, 0.15) is 31.4 Å². The topological polar surface area (TPSA) is 126 Å². The van der Waals surface area contributed by atoms with E-state index in [4.69, 9.17) is 10.5 Å². The maximum atomic E-state index is 13.1. The second kappa shape index (κ2) is 11.2. The maximum Gasteiger partial charge on any atom is 0.408 e. The molecule has 0 aliphatic rings. The quantitative estimate of drug-likeness (QED) is 0.379. The lowest BCUT2D eigenvalue weighted by molar-refractivity contribution is -0.129. The average Bonchev–Trinajstić information content (AvgIpc) is 3.23. The van der Waals surface area contributed by atoms with Crippen molar-refractivity contribution >= 4 is 28.8 Å². The first-order valence-electron chi connectivity index (χ1n) is 11.0. The van der Waals surface area contributed by atoms with Gasteiger partial charge in [0.15, 0.2) is 0 Å². The number of nitrogens with two attached hydrogens (primary N) is 1. The molecule has 1 aromatic heterocycles. The van der Waals surface area contributed by atoms with Gasteiger partial charge in [0.1, 0.15) is 18.7 Å². The number of benzene rings is 2. The van der Waals surface area contributed by atoms with Crippen LogP contribution in [0, 0.1) is 5.92 Å². The Bertz CT molecular complexity index is 1100. The molecule has 3 amide bonds. The number of ether oxygens (including phenoxy) is 1. The highest BCUT2D eigenvalue weighted by molar-refractivity contribution is 5.92. The summed E-state index contributed by atoms with van der Waals surface area (Å²) in [7, 11) is 0. The Morgan fingerprint density at radius 2 is 1.73 bits per heavy atom. The molecule has 0 spiro atoms. The van der Waals surface area contributed by atoms with Crippen LogP contribution in [0.2, 0.25) is 0 Å². The largest absolute Gasteiger partial charge is 0.445 e. The average molecular weight is 451 g/mol. The molecule has 0 radical (unpaired) electrons. The van der Waals surface area contributed by atoms with Crippen LogP contribution in [0.5, 0.6) is 0 Å². The predicted molar refractivity (Wildman–Crippen MR) is 126 cm³/mol. The van der Waals surface area contributed by atoms with Crippen LogP contribution in [0.15, 0.2) is 60.8 Å². The minimum absolute atomic E-state index is 0.0893. The normalized spacial score (nSPS) is 13.6. The number of aromatic nitrogens is 1. The molecular formula is C25H30N4O4. The molecule has 2 aromatic carbocycles. The smallest absolute Gasteiger partial charge is 0.408 e. The molecule has 0 fully saturated rings. The number of H-pyrrole nitrogens is 1. The minimum atomic E-state index is -0.926. The monoisotopic (exact) mass is 450 g/mol. The molecule has 0 unspecified atom stereocenters. The number of nitrogens with one attached hydrogen (secondary N) is 3. The standard InChI is InChI=1S/C25H30N4O4/c1-3-16(2)22(29-25(32)33-15-17-9-5-4-6-10-17)24(31)28-21(23(26)30)13-18-14-27-20-12-8-7-11-19(18)20/h4-12,14,16,21-22,27H,3,13,15H2,1-2H3,(H2,26,30)(H,28,31)(H,29,32)/t16-,21+,22+/m0/s1. The van der Waals surface area contributed by atoms with Gasteiger partial charge in [-0.15, -0.1) is 0 Å². The van der Waals surface area contributed by atoms with E-state index in [9.17, 15) is 14.4 Å². The van der Waals surface area contributed by atoms with Gasteiger partial charge in [0.25, 0.3) is 0 Å². The third-order valence-electron chi connectivity index (χ3n) is 5.74. The molecule has 174 valence electrons. The van der Waals surface area contributed by atoms with Crippen molar-refractivity contribution in [2.24, 2.45) is 11.7 Å². The third-order valence-corrected chi connectivity index (χ3v) is 5.74. The third kappa shape index (κ3) is 6.35. The molecular weight excluding hydrogens is 420 g/mol. The Labute approximate surface area is 192 Å². The molecule has 1 heterocycles. The number of amides is 3. The second-order valence-electron chi connectivity index (χ2n) is 8.10. The lowest BCUT2D eigenvalue weighted by atomic mass is 9.97. The number of para-hydroxylation sites is 1. The molecule has 3 atom stereocenters. The van der Waals surface area contributed by atoms with Gasteiger partial charge in [0, 0.05) is 23.5 Å². The van der Waals surface area contributed by atoms with Crippen LogP contribution < -0.4 is 16.4 Å². The van der Waals surface area contributed by atoms with E-state index in [-0.39, 0.29) is 18.9 Å². The van der Waals surface area contributed by atoms with Gasteiger partial charge in [-0.25, -0.2) is 4.79 Å². The Morgan fingerprint density at radius 1 is 1.03 bits per heavy atom. The fourth-order valence-corrected chi connectivity index (χ4v) is 3.60. The summed E-state index contributed by atoms with van der Waals surface area (Å²) in [5.74, 6) is -1.32. The molecule has 5 N–H and O–H groups in total. The van der Waals surface area contributed by atoms with Gasteiger partial charge in [0.05, 0.1) is 0 Å². The van der Waals surface area contributed by atoms with Crippen molar-refractivity contribution in [1.82, 2.24) is 15.6 Å². The Morgan fingerprint density at radius 3 is 2.42 bits per heavy atom. The molecule has 0 aliphatic carbocycles. The maximum absolute atomic E-state index is 13.1. The number of hydrogen-bond acceptors (Lipinski definition) is 4. The van der Waals surface area contributed by atoms with Crippen molar-refractivity contribution < 1.29 is 19.1 Å². The van der Waals surface area contributed by atoms with Crippen molar-refractivity contribution in [3.05, 3.63) is 71.9 Å². The van der Waals surface area contributed by atoms with Gasteiger partial charge >= 0.3 is 6.09 Å². The van der Waals surface area contributed by atoms with E-state index in [2.05, 4.69) is 15.6 Å². The van der Waals surface area contributed by atoms with Crippen LogP contribution in [0.25, 0.3) is 10.9 Å². The molecule has 3 rings (SSSR count). The first kappa shape index (κ1) is 23.8. The van der Waals surface area contributed by atoms with Gasteiger partial charge in [0.2, 0.25) is 11.8 Å². The summed E-state index contributed by atoms with van der Waals surface area (Å²) in [5.41, 5.74) is 8.23. The summed E-state index contributed by atoms with van der Waals surface area (Å²) in [5, 5.41) is 6.31. The van der Waals surface area contributed by atoms with Crippen LogP contribution in [-0.4, -0.2) is 35.0 Å².